The Morgan fingerprint density at radius 3 is 2.30 bits per heavy atom. The summed E-state index contributed by atoms with van der Waals surface area (Å²) in [6, 6.07) is 3.47. The lowest BCUT2D eigenvalue weighted by molar-refractivity contribution is 0.121. The number of hydrogen-bond donors (Lipinski definition) is 0. The maximum Gasteiger partial charge on any atom is 0.266 e. The topological polar surface area (TPSA) is 67.2 Å². The van der Waals surface area contributed by atoms with Gasteiger partial charge < -0.3 is 0 Å². The highest BCUT2D eigenvalue weighted by Crippen LogP contribution is 2.18. The van der Waals surface area contributed by atoms with Gasteiger partial charge >= 0.3 is 0 Å². The van der Waals surface area contributed by atoms with Gasteiger partial charge in [-0.25, -0.2) is 4.68 Å². The zero-order valence-corrected chi connectivity index (χ0v) is 16.9. The lowest BCUT2D eigenvalue weighted by Crippen LogP contribution is -2.47. The monoisotopic (exact) mass is 370 g/mol. The Labute approximate surface area is 161 Å². The molecule has 2 aromatic rings. The van der Waals surface area contributed by atoms with E-state index in [2.05, 4.69) is 45.6 Å². The molecule has 2 aromatic heterocycles. The molecule has 0 aliphatic carbocycles. The molecule has 1 fully saturated rings. The zero-order valence-electron chi connectivity index (χ0n) is 16.9. The largest absolute Gasteiger partial charge is 0.299 e. The van der Waals surface area contributed by atoms with Crippen LogP contribution in [-0.2, 0) is 18.5 Å². The molecule has 1 aliphatic heterocycles. The van der Waals surface area contributed by atoms with Gasteiger partial charge in [-0.2, -0.15) is 5.10 Å². The Kier molecular flexibility index (Phi) is 6.01. The van der Waals surface area contributed by atoms with Crippen LogP contribution in [0.25, 0.3) is 0 Å². The third-order valence-electron chi connectivity index (χ3n) is 5.08. The second-order valence-corrected chi connectivity index (χ2v) is 8.24. The molecule has 0 unspecified atom stereocenters. The van der Waals surface area contributed by atoms with Crippen LogP contribution in [0, 0.1) is 6.92 Å². The average molecular weight is 371 g/mol. The second-order valence-electron chi connectivity index (χ2n) is 8.24. The SMILES string of the molecule is Cc1nccnc1CN1CCN(CCn2nc(C(C)(C)C)ccc2=O)CC1. The molecule has 1 aliphatic rings. The van der Waals surface area contributed by atoms with Crippen molar-refractivity contribution in [3.8, 4) is 0 Å². The van der Waals surface area contributed by atoms with Crippen LogP contribution >= 0.6 is 0 Å². The number of piperazine rings is 1. The van der Waals surface area contributed by atoms with Crippen molar-refractivity contribution in [3.63, 3.8) is 0 Å². The summed E-state index contributed by atoms with van der Waals surface area (Å²) in [4.78, 5) is 25.7. The van der Waals surface area contributed by atoms with Gasteiger partial charge in [0.1, 0.15) is 0 Å². The van der Waals surface area contributed by atoms with E-state index in [9.17, 15) is 4.79 Å². The van der Waals surface area contributed by atoms with E-state index >= 15 is 0 Å². The van der Waals surface area contributed by atoms with Crippen LogP contribution in [-0.4, -0.2) is 62.3 Å². The summed E-state index contributed by atoms with van der Waals surface area (Å²) in [6.07, 6.45) is 3.50. The van der Waals surface area contributed by atoms with E-state index in [1.165, 1.54) is 0 Å². The van der Waals surface area contributed by atoms with E-state index in [0.717, 1.165) is 56.4 Å². The van der Waals surface area contributed by atoms with Gasteiger partial charge in [-0.1, -0.05) is 20.8 Å². The van der Waals surface area contributed by atoms with Crippen LogP contribution in [0.4, 0.5) is 0 Å². The normalized spacial score (nSPS) is 16.6. The molecular formula is C20H30N6O. The minimum atomic E-state index is -0.0560. The minimum absolute atomic E-state index is 0.0280. The second kappa shape index (κ2) is 8.27. The van der Waals surface area contributed by atoms with Gasteiger partial charge in [-0.15, -0.1) is 0 Å². The van der Waals surface area contributed by atoms with Gasteiger partial charge in [0.25, 0.3) is 5.56 Å². The zero-order chi connectivity index (χ0) is 19.4. The molecule has 146 valence electrons. The summed E-state index contributed by atoms with van der Waals surface area (Å²) in [5, 5.41) is 4.56. The van der Waals surface area contributed by atoms with Crippen molar-refractivity contribution in [2.24, 2.45) is 0 Å². The highest BCUT2D eigenvalue weighted by atomic mass is 16.1. The van der Waals surface area contributed by atoms with Crippen LogP contribution in [0.1, 0.15) is 37.9 Å². The lowest BCUT2D eigenvalue weighted by Gasteiger charge is -2.34. The first-order valence-electron chi connectivity index (χ1n) is 9.63. The molecule has 0 spiro atoms. The first-order valence-corrected chi connectivity index (χ1v) is 9.63. The summed E-state index contributed by atoms with van der Waals surface area (Å²) in [7, 11) is 0. The predicted octanol–water partition coefficient (Wildman–Crippen LogP) is 1.46. The van der Waals surface area contributed by atoms with E-state index < -0.39 is 0 Å². The van der Waals surface area contributed by atoms with Crippen molar-refractivity contribution >= 4 is 0 Å². The molecule has 3 heterocycles. The van der Waals surface area contributed by atoms with Gasteiger partial charge in [-0.05, 0) is 13.0 Å². The highest BCUT2D eigenvalue weighted by molar-refractivity contribution is 5.11. The van der Waals surface area contributed by atoms with E-state index in [-0.39, 0.29) is 11.0 Å². The van der Waals surface area contributed by atoms with Gasteiger partial charge in [0.15, 0.2) is 0 Å². The fourth-order valence-electron chi connectivity index (χ4n) is 3.22. The average Bonchev–Trinajstić information content (AvgIpc) is 2.63. The molecule has 1 saturated heterocycles. The van der Waals surface area contributed by atoms with Crippen LogP contribution in [0.15, 0.2) is 29.3 Å². The standard InChI is InChI=1S/C20H30N6O/c1-16-17(22-8-7-21-16)15-25-11-9-24(10-12-25)13-14-26-19(27)6-5-18(23-26)20(2,3)4/h5-8H,9-15H2,1-4H3. The molecule has 3 rings (SSSR count). The van der Waals surface area contributed by atoms with Gasteiger partial charge in [0.2, 0.25) is 0 Å². The van der Waals surface area contributed by atoms with Crippen LogP contribution < -0.4 is 5.56 Å². The third kappa shape index (κ3) is 5.20. The Morgan fingerprint density at radius 2 is 1.63 bits per heavy atom. The number of aryl methyl sites for hydroxylation is 1. The number of aromatic nitrogens is 4. The molecule has 0 radical (unpaired) electrons. The molecule has 0 bridgehead atoms. The molecule has 0 saturated carbocycles. The minimum Gasteiger partial charge on any atom is -0.299 e. The van der Waals surface area contributed by atoms with E-state index in [1.807, 2.05) is 13.0 Å². The molecule has 7 heteroatoms. The van der Waals surface area contributed by atoms with E-state index in [4.69, 9.17) is 0 Å². The lowest BCUT2D eigenvalue weighted by atomic mass is 9.92. The fourth-order valence-corrected chi connectivity index (χ4v) is 3.22. The molecule has 0 atom stereocenters. The maximum absolute atomic E-state index is 12.1. The van der Waals surface area contributed by atoms with Crippen molar-refractivity contribution in [2.45, 2.75) is 46.2 Å². The first kappa shape index (κ1) is 19.6. The van der Waals surface area contributed by atoms with Crippen molar-refractivity contribution in [1.82, 2.24) is 29.5 Å². The quantitative estimate of drug-likeness (QED) is 0.794. The molecular weight excluding hydrogens is 340 g/mol. The number of nitrogens with zero attached hydrogens (tertiary/aromatic N) is 6. The predicted molar refractivity (Wildman–Crippen MR) is 106 cm³/mol. The van der Waals surface area contributed by atoms with Gasteiger partial charge in [0, 0.05) is 63.1 Å². The summed E-state index contributed by atoms with van der Waals surface area (Å²) in [5.74, 6) is 0. The third-order valence-corrected chi connectivity index (χ3v) is 5.08. The Bertz CT molecular complexity index is 818. The maximum atomic E-state index is 12.1. The Morgan fingerprint density at radius 1 is 0.963 bits per heavy atom. The molecule has 0 amide bonds. The molecule has 7 nitrogen and oxygen atoms in total. The number of hydrogen-bond acceptors (Lipinski definition) is 6. The Balaban J connectivity index is 1.51. The van der Waals surface area contributed by atoms with Crippen LogP contribution in [0.5, 0.6) is 0 Å². The summed E-state index contributed by atoms with van der Waals surface area (Å²) >= 11 is 0. The van der Waals surface area contributed by atoms with E-state index in [1.54, 1.807) is 23.1 Å². The highest BCUT2D eigenvalue weighted by Gasteiger charge is 2.19. The summed E-state index contributed by atoms with van der Waals surface area (Å²) in [6.45, 7) is 14.7. The Hall–Kier alpha value is -2.12. The van der Waals surface area contributed by atoms with Crippen LogP contribution in [0.3, 0.4) is 0 Å². The molecule has 27 heavy (non-hydrogen) atoms. The van der Waals surface area contributed by atoms with Gasteiger partial charge in [-0.3, -0.25) is 24.6 Å². The molecule has 0 aromatic carbocycles. The smallest absolute Gasteiger partial charge is 0.266 e. The number of rotatable bonds is 5. The van der Waals surface area contributed by atoms with Crippen LogP contribution in [0.2, 0.25) is 0 Å². The summed E-state index contributed by atoms with van der Waals surface area (Å²) < 4.78 is 1.61. The summed E-state index contributed by atoms with van der Waals surface area (Å²) in [5.41, 5.74) is 2.93. The van der Waals surface area contributed by atoms with E-state index in [0.29, 0.717) is 6.54 Å². The van der Waals surface area contributed by atoms with Crippen molar-refractivity contribution in [2.75, 3.05) is 32.7 Å². The van der Waals surface area contributed by atoms with Crippen molar-refractivity contribution in [1.29, 1.82) is 0 Å². The van der Waals surface area contributed by atoms with Crippen molar-refractivity contribution < 1.29 is 0 Å². The molecule has 0 N–H and O–H groups in total. The van der Waals surface area contributed by atoms with Crippen molar-refractivity contribution in [3.05, 3.63) is 52.0 Å². The fraction of sp³-hybridized carbons (Fsp3) is 0.600. The first-order chi connectivity index (χ1) is 12.8. The van der Waals surface area contributed by atoms with Gasteiger partial charge in [0.05, 0.1) is 23.6 Å².